The van der Waals surface area contributed by atoms with Crippen molar-refractivity contribution >= 4 is 54.8 Å². The minimum atomic E-state index is -3.77. The summed E-state index contributed by atoms with van der Waals surface area (Å²) < 4.78 is 27.0. The van der Waals surface area contributed by atoms with Crippen LogP contribution in [0.3, 0.4) is 0 Å². The number of para-hydroxylation sites is 1. The van der Waals surface area contributed by atoms with E-state index in [0.29, 0.717) is 5.69 Å². The van der Waals surface area contributed by atoms with Gasteiger partial charge in [-0.25, -0.2) is 17.7 Å². The van der Waals surface area contributed by atoms with E-state index in [4.69, 9.17) is 11.6 Å². The number of amides is 1. The van der Waals surface area contributed by atoms with Gasteiger partial charge in [0.05, 0.1) is 15.2 Å². The van der Waals surface area contributed by atoms with Crippen LogP contribution in [-0.2, 0) is 10.0 Å². The lowest BCUT2D eigenvalue weighted by atomic mass is 10.2. The summed E-state index contributed by atoms with van der Waals surface area (Å²) in [5, 5.41) is 3.74. The van der Waals surface area contributed by atoms with Crippen LogP contribution in [0.1, 0.15) is 10.4 Å². The molecule has 0 unspecified atom stereocenters. The lowest BCUT2D eigenvalue weighted by molar-refractivity contribution is 0.102. The molecule has 0 atom stereocenters. The van der Waals surface area contributed by atoms with Crippen LogP contribution < -0.4 is 5.32 Å². The van der Waals surface area contributed by atoms with Crippen LogP contribution in [0.2, 0.25) is 5.02 Å². The molecule has 9 heteroatoms. The van der Waals surface area contributed by atoms with Gasteiger partial charge in [-0.05, 0) is 54.6 Å². The fraction of sp³-hybridized carbons (Fsp3) is 0.0909. The Bertz CT molecular complexity index is 1350. The van der Waals surface area contributed by atoms with Gasteiger partial charge in [-0.3, -0.25) is 4.79 Å². The number of fused-ring (bicyclic) bond motifs is 1. The molecule has 0 bridgehead atoms. The number of anilines is 1. The van der Waals surface area contributed by atoms with Crippen LogP contribution in [0.25, 0.3) is 20.8 Å². The van der Waals surface area contributed by atoms with E-state index in [2.05, 4.69) is 10.3 Å². The number of hydrogen-bond acceptors (Lipinski definition) is 5. The first-order chi connectivity index (χ1) is 14.8. The highest BCUT2D eigenvalue weighted by atomic mass is 35.5. The number of carbonyl (C=O) groups excluding carboxylic acids is 1. The first-order valence-corrected chi connectivity index (χ1v) is 11.9. The van der Waals surface area contributed by atoms with Gasteiger partial charge in [0.25, 0.3) is 5.91 Å². The molecule has 4 aromatic rings. The standard InChI is InChI=1S/C22H18ClN3O3S2/c1-26(2)31(28,29)20-13-15(9-12-17(20)23)21(27)24-16-10-7-14(8-11-16)22-25-18-5-3-4-6-19(18)30-22/h3-13H,1-2H3,(H,24,27). The molecule has 6 nitrogen and oxygen atoms in total. The van der Waals surface area contributed by atoms with Crippen LogP contribution in [0, 0.1) is 0 Å². The third-order valence-electron chi connectivity index (χ3n) is 4.64. The first-order valence-electron chi connectivity index (χ1n) is 9.25. The Hall–Kier alpha value is -2.78. The van der Waals surface area contributed by atoms with Crippen LogP contribution in [0.4, 0.5) is 5.69 Å². The van der Waals surface area contributed by atoms with Crippen molar-refractivity contribution in [2.75, 3.05) is 19.4 Å². The molecule has 1 aromatic heterocycles. The van der Waals surface area contributed by atoms with Gasteiger partial charge in [0.15, 0.2) is 0 Å². The van der Waals surface area contributed by atoms with Gasteiger partial charge in [0, 0.05) is 30.9 Å². The Morgan fingerprint density at radius 3 is 2.42 bits per heavy atom. The molecule has 1 heterocycles. The zero-order chi connectivity index (χ0) is 22.2. The second kappa shape index (κ2) is 8.39. The topological polar surface area (TPSA) is 79.4 Å². The van der Waals surface area contributed by atoms with Crippen molar-refractivity contribution in [2.45, 2.75) is 4.90 Å². The van der Waals surface area contributed by atoms with Crippen molar-refractivity contribution < 1.29 is 13.2 Å². The maximum absolute atomic E-state index is 12.7. The molecule has 0 aliphatic rings. The molecule has 4 rings (SSSR count). The Balaban J connectivity index is 1.55. The maximum atomic E-state index is 12.7. The normalized spacial score (nSPS) is 11.7. The number of benzene rings is 3. The van der Waals surface area contributed by atoms with E-state index in [9.17, 15) is 13.2 Å². The summed E-state index contributed by atoms with van der Waals surface area (Å²) in [5.41, 5.74) is 2.68. The number of nitrogens with one attached hydrogen (secondary N) is 1. The summed E-state index contributed by atoms with van der Waals surface area (Å²) in [5.74, 6) is -0.431. The Kier molecular flexibility index (Phi) is 5.81. The largest absolute Gasteiger partial charge is 0.322 e. The highest BCUT2D eigenvalue weighted by molar-refractivity contribution is 7.89. The molecule has 0 spiro atoms. The number of thiazole rings is 1. The van der Waals surface area contributed by atoms with Gasteiger partial charge in [-0.15, -0.1) is 11.3 Å². The minimum Gasteiger partial charge on any atom is -0.322 e. The van der Waals surface area contributed by atoms with E-state index in [1.54, 1.807) is 23.5 Å². The molecule has 1 amide bonds. The monoisotopic (exact) mass is 471 g/mol. The van der Waals surface area contributed by atoms with Crippen LogP contribution in [0.15, 0.2) is 71.6 Å². The first kappa shape index (κ1) is 21.5. The Morgan fingerprint density at radius 1 is 1.03 bits per heavy atom. The second-order valence-electron chi connectivity index (χ2n) is 6.95. The van der Waals surface area contributed by atoms with Gasteiger partial charge in [-0.2, -0.15) is 0 Å². The SMILES string of the molecule is CN(C)S(=O)(=O)c1cc(C(=O)Nc2ccc(-c3nc4ccccc4s3)cc2)ccc1Cl. The molecule has 0 fully saturated rings. The van der Waals surface area contributed by atoms with Crippen LogP contribution in [0.5, 0.6) is 0 Å². The molecular formula is C22H18ClN3O3S2. The van der Waals surface area contributed by atoms with Gasteiger partial charge < -0.3 is 5.32 Å². The van der Waals surface area contributed by atoms with E-state index in [0.717, 1.165) is 25.1 Å². The number of rotatable bonds is 5. The average Bonchev–Trinajstić information content (AvgIpc) is 3.18. The number of sulfonamides is 1. The van der Waals surface area contributed by atoms with Gasteiger partial charge >= 0.3 is 0 Å². The summed E-state index contributed by atoms with van der Waals surface area (Å²) in [6.07, 6.45) is 0. The van der Waals surface area contributed by atoms with Crippen molar-refractivity contribution in [1.29, 1.82) is 0 Å². The zero-order valence-electron chi connectivity index (χ0n) is 16.7. The minimum absolute atomic E-state index is 0.0606. The highest BCUT2D eigenvalue weighted by Crippen LogP contribution is 2.31. The molecule has 3 aromatic carbocycles. The number of hydrogen-bond donors (Lipinski definition) is 1. The molecular weight excluding hydrogens is 454 g/mol. The second-order valence-corrected chi connectivity index (χ2v) is 10.5. The number of carbonyl (C=O) groups is 1. The fourth-order valence-electron chi connectivity index (χ4n) is 2.93. The molecule has 0 saturated heterocycles. The summed E-state index contributed by atoms with van der Waals surface area (Å²) in [7, 11) is -0.952. The lowest BCUT2D eigenvalue weighted by Crippen LogP contribution is -2.23. The number of halogens is 1. The molecule has 0 saturated carbocycles. The van der Waals surface area contributed by atoms with Crippen molar-refractivity contribution in [3.05, 3.63) is 77.3 Å². The summed E-state index contributed by atoms with van der Waals surface area (Å²) in [4.78, 5) is 17.2. The van der Waals surface area contributed by atoms with Gasteiger partial charge in [-0.1, -0.05) is 23.7 Å². The molecule has 31 heavy (non-hydrogen) atoms. The molecule has 0 radical (unpaired) electrons. The smallest absolute Gasteiger partial charge is 0.255 e. The summed E-state index contributed by atoms with van der Waals surface area (Å²) >= 11 is 7.65. The van der Waals surface area contributed by atoms with Crippen LogP contribution >= 0.6 is 22.9 Å². The predicted octanol–water partition coefficient (Wildman–Crippen LogP) is 5.12. The molecule has 0 aliphatic heterocycles. The Labute approximate surface area is 189 Å². The fourth-order valence-corrected chi connectivity index (χ4v) is 5.30. The number of nitrogens with zero attached hydrogens (tertiary/aromatic N) is 2. The lowest BCUT2D eigenvalue weighted by Gasteiger charge is -2.14. The van der Waals surface area contributed by atoms with E-state index < -0.39 is 15.9 Å². The highest BCUT2D eigenvalue weighted by Gasteiger charge is 2.22. The van der Waals surface area contributed by atoms with Crippen molar-refractivity contribution in [1.82, 2.24) is 9.29 Å². The van der Waals surface area contributed by atoms with E-state index in [-0.39, 0.29) is 15.5 Å². The number of aromatic nitrogens is 1. The molecule has 0 aliphatic carbocycles. The zero-order valence-corrected chi connectivity index (χ0v) is 19.1. The van der Waals surface area contributed by atoms with E-state index >= 15 is 0 Å². The molecule has 1 N–H and O–H groups in total. The van der Waals surface area contributed by atoms with E-state index in [1.165, 1.54) is 32.3 Å². The van der Waals surface area contributed by atoms with Crippen molar-refractivity contribution in [3.63, 3.8) is 0 Å². The quantitative estimate of drug-likeness (QED) is 0.438. The summed E-state index contributed by atoms with van der Waals surface area (Å²) in [6.45, 7) is 0. The van der Waals surface area contributed by atoms with Crippen molar-refractivity contribution in [2.24, 2.45) is 0 Å². The summed E-state index contributed by atoms with van der Waals surface area (Å²) in [6, 6.07) is 19.5. The van der Waals surface area contributed by atoms with Gasteiger partial charge in [0.1, 0.15) is 9.90 Å². The third kappa shape index (κ3) is 4.33. The van der Waals surface area contributed by atoms with Gasteiger partial charge in [0.2, 0.25) is 10.0 Å². The van der Waals surface area contributed by atoms with Crippen LogP contribution in [-0.4, -0.2) is 37.7 Å². The predicted molar refractivity (Wildman–Crippen MR) is 125 cm³/mol. The van der Waals surface area contributed by atoms with Crippen molar-refractivity contribution in [3.8, 4) is 10.6 Å². The molecule has 158 valence electrons. The maximum Gasteiger partial charge on any atom is 0.255 e. The third-order valence-corrected chi connectivity index (χ3v) is 8.02. The Morgan fingerprint density at radius 2 is 1.74 bits per heavy atom. The average molecular weight is 472 g/mol. The van der Waals surface area contributed by atoms with E-state index in [1.807, 2.05) is 36.4 Å².